The Kier molecular flexibility index (Phi) is 4.00. The summed E-state index contributed by atoms with van der Waals surface area (Å²) in [4.78, 5) is 16.5. The third-order valence-electron chi connectivity index (χ3n) is 3.59. The Hall–Kier alpha value is -3.07. The van der Waals surface area contributed by atoms with Gasteiger partial charge in [0, 0.05) is 28.4 Å². The molecular weight excluding hydrogens is 360 g/mol. The summed E-state index contributed by atoms with van der Waals surface area (Å²) >= 11 is 1.39. The first-order valence-corrected chi connectivity index (χ1v) is 8.44. The lowest BCUT2D eigenvalue weighted by atomic mass is 10.1. The van der Waals surface area contributed by atoms with Crippen LogP contribution in [0.1, 0.15) is 11.4 Å². The molecule has 0 saturated heterocycles. The second-order valence-corrected chi connectivity index (χ2v) is 6.42. The molecular formula is C17H11F2N5OS. The van der Waals surface area contributed by atoms with Gasteiger partial charge in [-0.1, -0.05) is 5.16 Å². The van der Waals surface area contributed by atoms with Crippen molar-refractivity contribution in [1.82, 2.24) is 25.1 Å². The van der Waals surface area contributed by atoms with Crippen LogP contribution in [0.4, 0.5) is 8.78 Å². The molecule has 9 heteroatoms. The minimum Gasteiger partial charge on any atom is -0.332 e. The average Bonchev–Trinajstić information content (AvgIpc) is 3.26. The Morgan fingerprint density at radius 2 is 1.88 bits per heavy atom. The average molecular weight is 371 g/mol. The minimum absolute atomic E-state index is 0.126. The summed E-state index contributed by atoms with van der Waals surface area (Å²) in [7, 11) is 0. The summed E-state index contributed by atoms with van der Waals surface area (Å²) in [6, 6.07) is 2.63. The minimum atomic E-state index is -0.559. The second kappa shape index (κ2) is 6.34. The van der Waals surface area contributed by atoms with Crippen molar-refractivity contribution in [2.45, 2.75) is 13.8 Å². The summed E-state index contributed by atoms with van der Waals surface area (Å²) in [5, 5.41) is 6.39. The van der Waals surface area contributed by atoms with Gasteiger partial charge in [0.25, 0.3) is 5.89 Å². The van der Waals surface area contributed by atoms with Crippen molar-refractivity contribution in [3.8, 4) is 33.5 Å². The van der Waals surface area contributed by atoms with Crippen LogP contribution in [0.15, 0.2) is 34.4 Å². The van der Waals surface area contributed by atoms with Gasteiger partial charge in [-0.05, 0) is 26.0 Å². The molecule has 0 fully saturated rings. The van der Waals surface area contributed by atoms with E-state index in [9.17, 15) is 8.78 Å². The SMILES string of the molecule is Cc1csc(-c2noc(-c3cc(-c4cncc(F)c4)c(F)c(C)n3)n2)n1. The van der Waals surface area contributed by atoms with Crippen LogP contribution >= 0.6 is 11.3 Å². The van der Waals surface area contributed by atoms with Crippen LogP contribution in [-0.4, -0.2) is 25.1 Å². The zero-order chi connectivity index (χ0) is 18.3. The zero-order valence-corrected chi connectivity index (χ0v) is 14.5. The summed E-state index contributed by atoms with van der Waals surface area (Å²) in [6.45, 7) is 3.38. The lowest BCUT2D eigenvalue weighted by Crippen LogP contribution is -1.97. The Labute approximate surface area is 150 Å². The maximum Gasteiger partial charge on any atom is 0.276 e. The van der Waals surface area contributed by atoms with Crippen molar-refractivity contribution < 1.29 is 13.3 Å². The fourth-order valence-electron chi connectivity index (χ4n) is 2.41. The van der Waals surface area contributed by atoms with Crippen LogP contribution < -0.4 is 0 Å². The molecule has 0 N–H and O–H groups in total. The smallest absolute Gasteiger partial charge is 0.276 e. The van der Waals surface area contributed by atoms with Crippen molar-refractivity contribution in [2.24, 2.45) is 0 Å². The van der Waals surface area contributed by atoms with Gasteiger partial charge in [0.15, 0.2) is 10.8 Å². The van der Waals surface area contributed by atoms with Crippen LogP contribution in [0.3, 0.4) is 0 Å². The maximum atomic E-state index is 14.5. The number of pyridine rings is 2. The Bertz CT molecular complexity index is 1110. The van der Waals surface area contributed by atoms with E-state index < -0.39 is 11.6 Å². The lowest BCUT2D eigenvalue weighted by molar-refractivity contribution is 0.430. The van der Waals surface area contributed by atoms with E-state index in [1.54, 1.807) is 0 Å². The van der Waals surface area contributed by atoms with E-state index in [2.05, 4.69) is 25.1 Å². The van der Waals surface area contributed by atoms with Crippen LogP contribution in [0.2, 0.25) is 0 Å². The van der Waals surface area contributed by atoms with Crippen molar-refractivity contribution in [3.05, 3.63) is 52.9 Å². The number of nitrogens with zero attached hydrogens (tertiary/aromatic N) is 5. The molecule has 4 aromatic rings. The summed E-state index contributed by atoms with van der Waals surface area (Å²) in [5.74, 6) is -0.661. The van der Waals surface area contributed by atoms with Crippen molar-refractivity contribution >= 4 is 11.3 Å². The standard InChI is InChI=1S/C17H11F2N5OS/c1-8-7-26-17(21-8)15-23-16(25-24-15)13-4-12(14(19)9(2)22-13)10-3-11(18)6-20-5-10/h3-7H,1-2H3. The molecule has 0 aliphatic rings. The Morgan fingerprint density at radius 1 is 1.04 bits per heavy atom. The molecule has 0 amide bonds. The first-order chi connectivity index (χ1) is 12.5. The molecule has 6 nitrogen and oxygen atoms in total. The summed E-state index contributed by atoms with van der Waals surface area (Å²) in [6.07, 6.45) is 2.43. The fourth-order valence-corrected chi connectivity index (χ4v) is 3.13. The number of thiazole rings is 1. The van der Waals surface area contributed by atoms with Gasteiger partial charge in [0.2, 0.25) is 5.82 Å². The van der Waals surface area contributed by atoms with Gasteiger partial charge in [0.05, 0.1) is 11.9 Å². The molecule has 0 radical (unpaired) electrons. The Balaban J connectivity index is 1.79. The van der Waals surface area contributed by atoms with Gasteiger partial charge in [-0.15, -0.1) is 11.3 Å². The molecule has 26 heavy (non-hydrogen) atoms. The molecule has 0 aliphatic heterocycles. The molecule has 0 aliphatic carbocycles. The zero-order valence-electron chi connectivity index (χ0n) is 13.7. The van der Waals surface area contributed by atoms with Crippen LogP contribution in [0.25, 0.3) is 33.5 Å². The van der Waals surface area contributed by atoms with E-state index in [-0.39, 0.29) is 22.8 Å². The third kappa shape index (κ3) is 2.97. The number of hydrogen-bond donors (Lipinski definition) is 0. The number of rotatable bonds is 3. The van der Waals surface area contributed by atoms with Gasteiger partial charge in [-0.2, -0.15) is 4.98 Å². The highest BCUT2D eigenvalue weighted by Crippen LogP contribution is 2.30. The quantitative estimate of drug-likeness (QED) is 0.537. The molecule has 4 aromatic heterocycles. The van der Waals surface area contributed by atoms with E-state index >= 15 is 0 Å². The first-order valence-electron chi connectivity index (χ1n) is 7.56. The van der Waals surface area contributed by atoms with E-state index in [1.807, 2.05) is 12.3 Å². The second-order valence-electron chi connectivity index (χ2n) is 5.56. The number of aromatic nitrogens is 5. The normalized spacial score (nSPS) is 11.1. The highest BCUT2D eigenvalue weighted by molar-refractivity contribution is 7.13. The molecule has 0 atom stereocenters. The molecule has 0 bridgehead atoms. The maximum absolute atomic E-state index is 14.5. The van der Waals surface area contributed by atoms with Crippen LogP contribution in [0, 0.1) is 25.5 Å². The lowest BCUT2D eigenvalue weighted by Gasteiger charge is -2.07. The van der Waals surface area contributed by atoms with Crippen molar-refractivity contribution in [3.63, 3.8) is 0 Å². The van der Waals surface area contributed by atoms with E-state index in [0.29, 0.717) is 16.4 Å². The van der Waals surface area contributed by atoms with Gasteiger partial charge in [-0.3, -0.25) is 4.98 Å². The first kappa shape index (κ1) is 16.4. The Morgan fingerprint density at radius 3 is 2.62 bits per heavy atom. The topological polar surface area (TPSA) is 77.6 Å². The molecule has 0 saturated carbocycles. The largest absolute Gasteiger partial charge is 0.332 e. The van der Waals surface area contributed by atoms with Crippen molar-refractivity contribution in [1.29, 1.82) is 0 Å². The molecule has 0 aromatic carbocycles. The predicted octanol–water partition coefficient (Wildman–Crippen LogP) is 4.21. The number of halogens is 2. The van der Waals surface area contributed by atoms with E-state index in [0.717, 1.165) is 11.9 Å². The van der Waals surface area contributed by atoms with E-state index in [4.69, 9.17) is 4.52 Å². The van der Waals surface area contributed by atoms with Gasteiger partial charge in [0.1, 0.15) is 11.5 Å². The van der Waals surface area contributed by atoms with Gasteiger partial charge in [-0.25, -0.2) is 18.7 Å². The number of hydrogen-bond acceptors (Lipinski definition) is 7. The predicted molar refractivity (Wildman–Crippen MR) is 91.3 cm³/mol. The molecule has 4 rings (SSSR count). The fraction of sp³-hybridized carbons (Fsp3) is 0.118. The highest BCUT2D eigenvalue weighted by Gasteiger charge is 2.18. The molecule has 0 spiro atoms. The summed E-state index contributed by atoms with van der Waals surface area (Å²) in [5.41, 5.74) is 1.73. The van der Waals surface area contributed by atoms with Gasteiger partial charge >= 0.3 is 0 Å². The highest BCUT2D eigenvalue weighted by atomic mass is 32.1. The van der Waals surface area contributed by atoms with Gasteiger partial charge < -0.3 is 4.52 Å². The molecule has 0 unspecified atom stereocenters. The number of aryl methyl sites for hydroxylation is 2. The molecule has 130 valence electrons. The van der Waals surface area contributed by atoms with Crippen LogP contribution in [-0.2, 0) is 0 Å². The van der Waals surface area contributed by atoms with Crippen molar-refractivity contribution in [2.75, 3.05) is 0 Å². The van der Waals surface area contributed by atoms with Crippen LogP contribution in [0.5, 0.6) is 0 Å². The summed E-state index contributed by atoms with van der Waals surface area (Å²) < 4.78 is 33.2. The monoisotopic (exact) mass is 371 g/mol. The molecule has 4 heterocycles. The van der Waals surface area contributed by atoms with E-state index in [1.165, 1.54) is 36.6 Å². The third-order valence-corrected chi connectivity index (χ3v) is 4.55.